The highest BCUT2D eigenvalue weighted by atomic mass is 16.6. The minimum absolute atomic E-state index is 0.873. The molecule has 2 aromatic heterocycles. The zero-order valence-corrected chi connectivity index (χ0v) is 8.53. The summed E-state index contributed by atoms with van der Waals surface area (Å²) in [5.41, 5.74) is 5.39. The Balaban J connectivity index is 2.13. The normalized spacial score (nSPS) is 13.8. The van der Waals surface area contributed by atoms with E-state index in [0.717, 1.165) is 35.4 Å². The van der Waals surface area contributed by atoms with E-state index in [1.807, 2.05) is 6.07 Å². The standard InChI is InChI=1S/C12H9N3O/c1-2-4-9-7(3-1)8-5-6-10-12(11(8)13-9)15-16-14-10/h1-4,13H,5-6H2. The lowest BCUT2D eigenvalue weighted by Crippen LogP contribution is -2.02. The average Bonchev–Trinajstić information content (AvgIpc) is 2.92. The van der Waals surface area contributed by atoms with Gasteiger partial charge in [0.1, 0.15) is 5.69 Å². The number of H-pyrrole nitrogens is 1. The van der Waals surface area contributed by atoms with Crippen molar-refractivity contribution < 1.29 is 4.63 Å². The molecule has 0 fully saturated rings. The van der Waals surface area contributed by atoms with Crippen LogP contribution in [-0.4, -0.2) is 15.3 Å². The minimum Gasteiger partial charge on any atom is -0.353 e. The summed E-state index contributed by atoms with van der Waals surface area (Å²) in [5.74, 6) is 0. The Morgan fingerprint density at radius 3 is 3.06 bits per heavy atom. The molecule has 3 aromatic rings. The molecule has 0 bridgehead atoms. The summed E-state index contributed by atoms with van der Waals surface area (Å²) in [7, 11) is 0. The number of aromatic nitrogens is 3. The molecule has 16 heavy (non-hydrogen) atoms. The van der Waals surface area contributed by atoms with Crippen molar-refractivity contribution in [2.75, 3.05) is 0 Å². The van der Waals surface area contributed by atoms with Crippen molar-refractivity contribution >= 4 is 10.9 Å². The van der Waals surface area contributed by atoms with Gasteiger partial charge < -0.3 is 4.98 Å². The lowest BCUT2D eigenvalue weighted by atomic mass is 9.96. The highest BCUT2D eigenvalue weighted by molar-refractivity contribution is 5.91. The van der Waals surface area contributed by atoms with Crippen LogP contribution in [0.15, 0.2) is 28.9 Å². The number of nitrogens with zero attached hydrogens (tertiary/aromatic N) is 2. The molecule has 0 saturated carbocycles. The third kappa shape index (κ3) is 0.888. The molecule has 4 rings (SSSR count). The van der Waals surface area contributed by atoms with Crippen molar-refractivity contribution in [1.82, 2.24) is 15.3 Å². The SMILES string of the molecule is c1ccc2c3c([nH]c2c1)-c1nonc1CC3. The predicted molar refractivity (Wildman–Crippen MR) is 59.0 cm³/mol. The van der Waals surface area contributed by atoms with Crippen LogP contribution in [0.1, 0.15) is 11.3 Å². The van der Waals surface area contributed by atoms with Crippen LogP contribution in [0.3, 0.4) is 0 Å². The third-order valence-electron chi connectivity index (χ3n) is 3.22. The van der Waals surface area contributed by atoms with Crippen LogP contribution in [0.5, 0.6) is 0 Å². The van der Waals surface area contributed by atoms with Crippen molar-refractivity contribution in [2.24, 2.45) is 0 Å². The second kappa shape index (κ2) is 2.72. The lowest BCUT2D eigenvalue weighted by Gasteiger charge is -2.07. The molecule has 4 nitrogen and oxygen atoms in total. The van der Waals surface area contributed by atoms with Gasteiger partial charge in [-0.1, -0.05) is 23.4 Å². The van der Waals surface area contributed by atoms with Gasteiger partial charge in [-0.15, -0.1) is 0 Å². The molecule has 0 saturated heterocycles. The average molecular weight is 211 g/mol. The van der Waals surface area contributed by atoms with E-state index in [9.17, 15) is 0 Å². The maximum atomic E-state index is 4.80. The molecule has 0 unspecified atom stereocenters. The predicted octanol–water partition coefficient (Wildman–Crippen LogP) is 2.32. The van der Waals surface area contributed by atoms with Crippen molar-refractivity contribution in [3.05, 3.63) is 35.5 Å². The number of aryl methyl sites for hydroxylation is 2. The molecule has 1 aliphatic rings. The number of hydrogen-bond acceptors (Lipinski definition) is 3. The van der Waals surface area contributed by atoms with E-state index < -0.39 is 0 Å². The van der Waals surface area contributed by atoms with Crippen LogP contribution in [0.2, 0.25) is 0 Å². The van der Waals surface area contributed by atoms with Crippen molar-refractivity contribution in [3.63, 3.8) is 0 Å². The lowest BCUT2D eigenvalue weighted by molar-refractivity contribution is 0.304. The Labute approximate surface area is 91.2 Å². The molecule has 0 radical (unpaired) electrons. The van der Waals surface area contributed by atoms with E-state index in [1.165, 1.54) is 10.9 Å². The Hall–Kier alpha value is -2.10. The summed E-state index contributed by atoms with van der Waals surface area (Å²) in [6.45, 7) is 0. The maximum Gasteiger partial charge on any atom is 0.154 e. The Kier molecular flexibility index (Phi) is 1.38. The summed E-state index contributed by atoms with van der Waals surface area (Å²) in [4.78, 5) is 3.40. The van der Waals surface area contributed by atoms with Gasteiger partial charge in [-0.3, -0.25) is 0 Å². The summed E-state index contributed by atoms with van der Waals surface area (Å²) >= 11 is 0. The summed E-state index contributed by atoms with van der Waals surface area (Å²) in [6.07, 6.45) is 1.91. The maximum absolute atomic E-state index is 4.80. The number of fused-ring (bicyclic) bond motifs is 5. The molecule has 4 heteroatoms. The van der Waals surface area contributed by atoms with Gasteiger partial charge >= 0.3 is 0 Å². The van der Waals surface area contributed by atoms with Crippen LogP contribution in [0.4, 0.5) is 0 Å². The highest BCUT2D eigenvalue weighted by Gasteiger charge is 2.24. The molecule has 1 aliphatic carbocycles. The molecule has 78 valence electrons. The number of aromatic amines is 1. The number of nitrogens with one attached hydrogen (secondary N) is 1. The van der Waals surface area contributed by atoms with Gasteiger partial charge in [0.2, 0.25) is 0 Å². The van der Waals surface area contributed by atoms with E-state index in [-0.39, 0.29) is 0 Å². The fourth-order valence-electron chi connectivity index (χ4n) is 2.47. The molecular formula is C12H9N3O. The smallest absolute Gasteiger partial charge is 0.154 e. The van der Waals surface area contributed by atoms with Crippen LogP contribution in [0, 0.1) is 0 Å². The number of rotatable bonds is 0. The first-order chi connectivity index (χ1) is 7.93. The highest BCUT2D eigenvalue weighted by Crippen LogP contribution is 2.35. The van der Waals surface area contributed by atoms with Crippen LogP contribution in [0.25, 0.3) is 22.3 Å². The molecule has 0 atom stereocenters. The molecule has 0 spiro atoms. The zero-order valence-electron chi connectivity index (χ0n) is 8.53. The Morgan fingerprint density at radius 1 is 1.12 bits per heavy atom. The van der Waals surface area contributed by atoms with Gasteiger partial charge in [0, 0.05) is 10.9 Å². The summed E-state index contributed by atoms with van der Waals surface area (Å²) in [6, 6.07) is 8.32. The molecule has 1 aromatic carbocycles. The molecule has 0 aliphatic heterocycles. The van der Waals surface area contributed by atoms with Gasteiger partial charge in [-0.25, -0.2) is 4.63 Å². The van der Waals surface area contributed by atoms with E-state index in [0.29, 0.717) is 0 Å². The van der Waals surface area contributed by atoms with E-state index >= 15 is 0 Å². The summed E-state index contributed by atoms with van der Waals surface area (Å²) < 4.78 is 4.80. The fourth-order valence-corrected chi connectivity index (χ4v) is 2.47. The molecular weight excluding hydrogens is 202 g/mol. The second-order valence-corrected chi connectivity index (χ2v) is 4.08. The topological polar surface area (TPSA) is 54.7 Å². The monoisotopic (exact) mass is 211 g/mol. The second-order valence-electron chi connectivity index (χ2n) is 4.08. The third-order valence-corrected chi connectivity index (χ3v) is 3.22. The van der Waals surface area contributed by atoms with Crippen molar-refractivity contribution in [3.8, 4) is 11.4 Å². The quantitative estimate of drug-likeness (QED) is 0.620. The van der Waals surface area contributed by atoms with Crippen molar-refractivity contribution in [1.29, 1.82) is 0 Å². The van der Waals surface area contributed by atoms with Crippen LogP contribution < -0.4 is 0 Å². The Bertz CT molecular complexity index is 680. The zero-order chi connectivity index (χ0) is 10.5. The summed E-state index contributed by atoms with van der Waals surface area (Å²) in [5, 5.41) is 9.18. The van der Waals surface area contributed by atoms with Gasteiger partial charge in [0.05, 0.1) is 5.69 Å². The molecule has 2 heterocycles. The largest absolute Gasteiger partial charge is 0.353 e. The molecule has 1 N–H and O–H groups in total. The van der Waals surface area contributed by atoms with Crippen molar-refractivity contribution in [2.45, 2.75) is 12.8 Å². The number of para-hydroxylation sites is 1. The number of benzene rings is 1. The van der Waals surface area contributed by atoms with E-state index in [4.69, 9.17) is 4.63 Å². The van der Waals surface area contributed by atoms with Crippen LogP contribution in [-0.2, 0) is 12.8 Å². The number of hydrogen-bond donors (Lipinski definition) is 1. The van der Waals surface area contributed by atoms with Gasteiger partial charge in [0.15, 0.2) is 5.69 Å². The fraction of sp³-hybridized carbons (Fsp3) is 0.167. The van der Waals surface area contributed by atoms with Gasteiger partial charge in [0.25, 0.3) is 0 Å². The van der Waals surface area contributed by atoms with Gasteiger partial charge in [-0.2, -0.15) is 0 Å². The first-order valence-corrected chi connectivity index (χ1v) is 5.35. The van der Waals surface area contributed by atoms with Gasteiger partial charge in [-0.05, 0) is 29.6 Å². The first kappa shape index (κ1) is 8.10. The first-order valence-electron chi connectivity index (χ1n) is 5.35. The molecule has 0 amide bonds. The van der Waals surface area contributed by atoms with Crippen LogP contribution >= 0.6 is 0 Å². The Morgan fingerprint density at radius 2 is 2.06 bits per heavy atom. The minimum atomic E-state index is 0.873. The van der Waals surface area contributed by atoms with E-state index in [2.05, 4.69) is 33.5 Å². The van der Waals surface area contributed by atoms with E-state index in [1.54, 1.807) is 0 Å².